The molecule has 1 aliphatic rings. The molecule has 0 N–H and O–H groups in total. The van der Waals surface area contributed by atoms with Crippen LogP contribution in [0, 0.1) is 6.92 Å². The molecule has 3 heterocycles. The molecule has 0 unspecified atom stereocenters. The number of oxazole rings is 1. The van der Waals surface area contributed by atoms with Crippen LogP contribution in [0.4, 0.5) is 0 Å². The number of amides is 1. The molecule has 1 aliphatic heterocycles. The van der Waals surface area contributed by atoms with E-state index in [1.54, 1.807) is 11.2 Å². The summed E-state index contributed by atoms with van der Waals surface area (Å²) in [5.41, 5.74) is 1.95. The van der Waals surface area contributed by atoms with Crippen molar-refractivity contribution in [2.45, 2.75) is 25.9 Å². The third-order valence-electron chi connectivity index (χ3n) is 3.65. The van der Waals surface area contributed by atoms with Crippen LogP contribution < -0.4 is 0 Å². The molecule has 7 heteroatoms. The maximum atomic E-state index is 12.2. The Labute approximate surface area is 128 Å². The van der Waals surface area contributed by atoms with Gasteiger partial charge in [-0.25, -0.2) is 15.0 Å². The van der Waals surface area contributed by atoms with Crippen LogP contribution in [0.2, 0.25) is 0 Å². The molecule has 2 aromatic rings. The van der Waals surface area contributed by atoms with Crippen LogP contribution in [0.1, 0.15) is 28.4 Å². The van der Waals surface area contributed by atoms with Gasteiger partial charge in [-0.2, -0.15) is 0 Å². The van der Waals surface area contributed by atoms with Gasteiger partial charge < -0.3 is 14.1 Å². The highest BCUT2D eigenvalue weighted by Gasteiger charge is 2.26. The highest BCUT2D eigenvalue weighted by atomic mass is 16.5. The zero-order valence-corrected chi connectivity index (χ0v) is 12.4. The molecule has 7 nitrogen and oxygen atoms in total. The lowest BCUT2D eigenvalue weighted by Crippen LogP contribution is -2.45. The lowest BCUT2D eigenvalue weighted by Gasteiger charge is -2.32. The summed E-state index contributed by atoms with van der Waals surface area (Å²) in [5, 5.41) is 0. The third-order valence-corrected chi connectivity index (χ3v) is 3.65. The van der Waals surface area contributed by atoms with Crippen LogP contribution in [0.5, 0.6) is 0 Å². The molecular weight excluding hydrogens is 284 g/mol. The van der Waals surface area contributed by atoms with Crippen LogP contribution in [0.3, 0.4) is 0 Å². The number of carbonyl (C=O) groups is 1. The smallest absolute Gasteiger partial charge is 0.291 e. The Hall–Kier alpha value is -2.28. The highest BCUT2D eigenvalue weighted by molar-refractivity contribution is 5.91. The van der Waals surface area contributed by atoms with E-state index >= 15 is 0 Å². The first kappa shape index (κ1) is 14.6. The van der Waals surface area contributed by atoms with Gasteiger partial charge in [0, 0.05) is 24.5 Å². The normalized spacial score (nSPS) is 18.4. The van der Waals surface area contributed by atoms with Gasteiger partial charge in [-0.1, -0.05) is 0 Å². The molecule has 1 fully saturated rings. The summed E-state index contributed by atoms with van der Waals surface area (Å²) in [6, 6.07) is 1.97. The Bertz CT molecular complexity index is 629. The zero-order chi connectivity index (χ0) is 15.4. The van der Waals surface area contributed by atoms with Crippen LogP contribution in [0.25, 0.3) is 0 Å². The SMILES string of the molecule is Cc1cc(CC[C@@H]2CN(C(=O)c3cnco3)CCO2)ncn1. The molecule has 0 bridgehead atoms. The second-order valence-electron chi connectivity index (χ2n) is 5.30. The van der Waals surface area contributed by atoms with E-state index in [2.05, 4.69) is 15.0 Å². The largest absolute Gasteiger partial charge is 0.438 e. The maximum absolute atomic E-state index is 12.2. The Kier molecular flexibility index (Phi) is 4.43. The third kappa shape index (κ3) is 3.48. The monoisotopic (exact) mass is 302 g/mol. The summed E-state index contributed by atoms with van der Waals surface area (Å²) in [6.45, 7) is 3.61. The molecule has 0 aromatic carbocycles. The van der Waals surface area contributed by atoms with Crippen LogP contribution in [-0.4, -0.2) is 51.6 Å². The van der Waals surface area contributed by atoms with Gasteiger partial charge in [-0.05, 0) is 25.8 Å². The minimum absolute atomic E-state index is 0.0101. The number of rotatable bonds is 4. The summed E-state index contributed by atoms with van der Waals surface area (Å²) in [7, 11) is 0. The molecule has 1 atom stereocenters. The van der Waals surface area contributed by atoms with E-state index in [1.807, 2.05) is 13.0 Å². The number of morpholine rings is 1. The van der Waals surface area contributed by atoms with Gasteiger partial charge in [0.05, 0.1) is 18.9 Å². The quantitative estimate of drug-likeness (QED) is 0.845. The van der Waals surface area contributed by atoms with Crippen molar-refractivity contribution in [3.8, 4) is 0 Å². The highest BCUT2D eigenvalue weighted by Crippen LogP contribution is 2.14. The summed E-state index contributed by atoms with van der Waals surface area (Å²) < 4.78 is 10.8. The molecule has 3 rings (SSSR count). The average molecular weight is 302 g/mol. The van der Waals surface area contributed by atoms with E-state index in [0.29, 0.717) is 19.7 Å². The predicted molar refractivity (Wildman–Crippen MR) is 77.2 cm³/mol. The second-order valence-corrected chi connectivity index (χ2v) is 5.30. The summed E-state index contributed by atoms with van der Waals surface area (Å²) in [6.07, 6.45) is 5.91. The van der Waals surface area contributed by atoms with Crippen molar-refractivity contribution < 1.29 is 13.9 Å². The number of nitrogens with zero attached hydrogens (tertiary/aromatic N) is 4. The fraction of sp³-hybridized carbons (Fsp3) is 0.467. The van der Waals surface area contributed by atoms with Crippen LogP contribution >= 0.6 is 0 Å². The first-order chi connectivity index (χ1) is 10.7. The predicted octanol–water partition coefficient (Wildman–Crippen LogP) is 1.25. The number of carbonyl (C=O) groups excluding carboxylic acids is 1. The Balaban J connectivity index is 1.55. The lowest BCUT2D eigenvalue weighted by molar-refractivity contribution is -0.0256. The topological polar surface area (TPSA) is 81.4 Å². The fourth-order valence-corrected chi connectivity index (χ4v) is 2.51. The van der Waals surface area contributed by atoms with E-state index in [0.717, 1.165) is 24.2 Å². The van der Waals surface area contributed by atoms with E-state index < -0.39 is 0 Å². The van der Waals surface area contributed by atoms with Gasteiger partial charge in [0.2, 0.25) is 5.76 Å². The standard InChI is InChI=1S/C15H18N4O3/c1-11-6-12(18-9-17-11)2-3-13-8-19(4-5-21-13)15(20)14-7-16-10-22-14/h6-7,9-10,13H,2-5,8H2,1H3/t13-/m1/s1. The molecule has 1 amide bonds. The molecule has 0 radical (unpaired) electrons. The van der Waals surface area contributed by atoms with Crippen molar-refractivity contribution in [1.29, 1.82) is 0 Å². The van der Waals surface area contributed by atoms with Gasteiger partial charge in [-0.3, -0.25) is 4.79 Å². The Morgan fingerprint density at radius 3 is 3.14 bits per heavy atom. The van der Waals surface area contributed by atoms with Crippen molar-refractivity contribution in [1.82, 2.24) is 19.9 Å². The first-order valence-electron chi connectivity index (χ1n) is 7.29. The molecule has 0 aliphatic carbocycles. The van der Waals surface area contributed by atoms with Crippen molar-refractivity contribution in [3.05, 3.63) is 42.1 Å². The Morgan fingerprint density at radius 1 is 1.45 bits per heavy atom. The van der Waals surface area contributed by atoms with Crippen molar-refractivity contribution in [3.63, 3.8) is 0 Å². The molecule has 1 saturated heterocycles. The molecule has 2 aromatic heterocycles. The number of hydrogen-bond acceptors (Lipinski definition) is 6. The lowest BCUT2D eigenvalue weighted by atomic mass is 10.1. The van der Waals surface area contributed by atoms with Gasteiger partial charge in [0.1, 0.15) is 6.33 Å². The average Bonchev–Trinajstić information content (AvgIpc) is 3.07. The minimum Gasteiger partial charge on any atom is -0.438 e. The molecular formula is C15H18N4O3. The van der Waals surface area contributed by atoms with Crippen molar-refractivity contribution in [2.75, 3.05) is 19.7 Å². The van der Waals surface area contributed by atoms with E-state index in [4.69, 9.17) is 9.15 Å². The second kappa shape index (κ2) is 6.65. The number of ether oxygens (including phenoxy) is 1. The minimum atomic E-state index is -0.135. The van der Waals surface area contributed by atoms with Crippen molar-refractivity contribution >= 4 is 5.91 Å². The maximum Gasteiger partial charge on any atom is 0.291 e. The Morgan fingerprint density at radius 2 is 2.36 bits per heavy atom. The molecule has 22 heavy (non-hydrogen) atoms. The fourth-order valence-electron chi connectivity index (χ4n) is 2.51. The number of hydrogen-bond donors (Lipinski definition) is 0. The van der Waals surface area contributed by atoms with E-state index in [1.165, 1.54) is 12.6 Å². The van der Waals surface area contributed by atoms with Crippen LogP contribution in [0.15, 0.2) is 29.4 Å². The molecule has 0 spiro atoms. The van der Waals surface area contributed by atoms with E-state index in [9.17, 15) is 4.79 Å². The summed E-state index contributed by atoms with van der Waals surface area (Å²) in [4.78, 5) is 26.1. The first-order valence-corrected chi connectivity index (χ1v) is 7.29. The van der Waals surface area contributed by atoms with Gasteiger partial charge >= 0.3 is 0 Å². The van der Waals surface area contributed by atoms with Gasteiger partial charge in [0.25, 0.3) is 5.91 Å². The molecule has 0 saturated carbocycles. The van der Waals surface area contributed by atoms with Gasteiger partial charge in [-0.15, -0.1) is 0 Å². The van der Waals surface area contributed by atoms with Crippen LogP contribution in [-0.2, 0) is 11.2 Å². The van der Waals surface area contributed by atoms with Gasteiger partial charge in [0.15, 0.2) is 6.39 Å². The van der Waals surface area contributed by atoms with E-state index in [-0.39, 0.29) is 17.8 Å². The summed E-state index contributed by atoms with van der Waals surface area (Å²) in [5.74, 6) is 0.135. The summed E-state index contributed by atoms with van der Waals surface area (Å²) >= 11 is 0. The number of aromatic nitrogens is 3. The zero-order valence-electron chi connectivity index (χ0n) is 12.4. The van der Waals surface area contributed by atoms with Crippen molar-refractivity contribution in [2.24, 2.45) is 0 Å². The number of aryl methyl sites for hydroxylation is 2. The molecule has 116 valence electrons.